The van der Waals surface area contributed by atoms with Gasteiger partial charge in [0.05, 0.1) is 6.54 Å². The molecule has 0 saturated heterocycles. The average Bonchev–Trinajstić information content (AvgIpc) is 3.28. The molecule has 0 amide bonds. The summed E-state index contributed by atoms with van der Waals surface area (Å²) in [6.45, 7) is 4.21. The summed E-state index contributed by atoms with van der Waals surface area (Å²) < 4.78 is 14.8. The Labute approximate surface area is 197 Å². The Kier molecular flexibility index (Phi) is 10.6. The Morgan fingerprint density at radius 1 is 1.17 bits per heavy atom. The fourth-order valence-electron chi connectivity index (χ4n) is 2.57. The third-order valence-corrected chi connectivity index (χ3v) is 5.14. The monoisotopic (exact) mass is 540 g/mol. The molecule has 1 aromatic carbocycles. The number of hydrogen-bond acceptors (Lipinski definition) is 4. The molecule has 0 aliphatic heterocycles. The summed E-state index contributed by atoms with van der Waals surface area (Å²) in [7, 11) is 0. The van der Waals surface area contributed by atoms with Crippen LogP contribution < -0.4 is 10.6 Å². The predicted molar refractivity (Wildman–Crippen MR) is 131 cm³/mol. The highest BCUT2D eigenvalue weighted by Gasteiger charge is 2.01. The predicted octanol–water partition coefficient (Wildman–Crippen LogP) is 4.26. The maximum absolute atomic E-state index is 12.9. The largest absolute Gasteiger partial charge is 0.357 e. The van der Waals surface area contributed by atoms with Crippen molar-refractivity contribution in [3.8, 4) is 5.82 Å². The van der Waals surface area contributed by atoms with Crippen molar-refractivity contribution in [2.75, 3.05) is 18.8 Å². The molecule has 0 aliphatic carbocycles. The highest BCUT2D eigenvalue weighted by molar-refractivity contribution is 14.0. The normalized spacial score (nSPS) is 11.1. The van der Waals surface area contributed by atoms with Crippen LogP contribution in [0.25, 0.3) is 5.82 Å². The summed E-state index contributed by atoms with van der Waals surface area (Å²) in [5.74, 6) is 2.38. The Bertz CT molecular complexity index is 885. The van der Waals surface area contributed by atoms with E-state index in [0.29, 0.717) is 6.54 Å². The Hall–Kier alpha value is -2.14. The van der Waals surface area contributed by atoms with E-state index in [9.17, 15) is 4.39 Å². The van der Waals surface area contributed by atoms with E-state index in [1.807, 2.05) is 48.1 Å². The summed E-state index contributed by atoms with van der Waals surface area (Å²) in [6.07, 6.45) is 8.13. The van der Waals surface area contributed by atoms with Gasteiger partial charge in [-0.25, -0.2) is 19.4 Å². The van der Waals surface area contributed by atoms with Gasteiger partial charge >= 0.3 is 0 Å². The van der Waals surface area contributed by atoms with Crippen molar-refractivity contribution in [1.29, 1.82) is 0 Å². The molecule has 9 heteroatoms. The minimum atomic E-state index is -0.200. The summed E-state index contributed by atoms with van der Waals surface area (Å²) >= 11 is 1.72. The number of nitrogens with one attached hydrogen (secondary N) is 2. The zero-order valence-electron chi connectivity index (χ0n) is 16.8. The second-order valence-electron chi connectivity index (χ2n) is 6.27. The molecule has 2 aromatic heterocycles. The molecule has 0 radical (unpaired) electrons. The van der Waals surface area contributed by atoms with Crippen LogP contribution in [0.1, 0.15) is 18.9 Å². The van der Waals surface area contributed by atoms with Crippen molar-refractivity contribution in [3.05, 3.63) is 72.7 Å². The van der Waals surface area contributed by atoms with Crippen LogP contribution >= 0.6 is 35.7 Å². The van der Waals surface area contributed by atoms with E-state index < -0.39 is 0 Å². The number of imidazole rings is 1. The van der Waals surface area contributed by atoms with Crippen LogP contribution in [-0.4, -0.2) is 39.3 Å². The quantitative estimate of drug-likeness (QED) is 0.140. The average molecular weight is 540 g/mol. The van der Waals surface area contributed by atoms with Crippen molar-refractivity contribution in [2.24, 2.45) is 4.99 Å². The van der Waals surface area contributed by atoms with Crippen LogP contribution in [0.3, 0.4) is 0 Å². The molecule has 0 saturated carbocycles. The van der Waals surface area contributed by atoms with Gasteiger partial charge in [0, 0.05) is 36.6 Å². The van der Waals surface area contributed by atoms with Gasteiger partial charge in [-0.15, -0.1) is 35.7 Å². The van der Waals surface area contributed by atoms with Crippen molar-refractivity contribution < 1.29 is 4.39 Å². The number of guanidine groups is 1. The fourth-order valence-corrected chi connectivity index (χ4v) is 3.42. The standard InChI is InChI=1S/C21H25FN6S.HI/c1-2-24-21(25-10-3-13-29-19-7-5-18(22)6-8-19)27-15-17-4-9-20(26-14-17)28-12-11-23-16-28;/h4-9,11-12,14,16H,2-3,10,13,15H2,1H3,(H2,24,25,27);1H. The molecule has 2 N–H and O–H groups in total. The van der Waals surface area contributed by atoms with E-state index >= 15 is 0 Å². The molecule has 2 heterocycles. The molecule has 0 fully saturated rings. The van der Waals surface area contributed by atoms with Crippen molar-refractivity contribution >= 4 is 41.7 Å². The molecule has 3 aromatic rings. The zero-order valence-corrected chi connectivity index (χ0v) is 19.9. The van der Waals surface area contributed by atoms with Crippen molar-refractivity contribution in [2.45, 2.75) is 24.8 Å². The summed E-state index contributed by atoms with van der Waals surface area (Å²) in [5, 5.41) is 6.61. The highest BCUT2D eigenvalue weighted by Crippen LogP contribution is 2.18. The summed E-state index contributed by atoms with van der Waals surface area (Å²) in [4.78, 5) is 14.2. The smallest absolute Gasteiger partial charge is 0.191 e. The van der Waals surface area contributed by atoms with Gasteiger partial charge < -0.3 is 10.6 Å². The number of hydrogen-bond donors (Lipinski definition) is 2. The minimum Gasteiger partial charge on any atom is -0.357 e. The van der Waals surface area contributed by atoms with Crippen LogP contribution in [0.4, 0.5) is 4.39 Å². The molecular weight excluding hydrogens is 514 g/mol. The Balaban J connectivity index is 0.00000320. The molecule has 6 nitrogen and oxygen atoms in total. The molecular formula is C21H26FIN6S. The summed E-state index contributed by atoms with van der Waals surface area (Å²) in [6, 6.07) is 10.6. The number of benzene rings is 1. The van der Waals surface area contributed by atoms with Crippen LogP contribution in [0.15, 0.2) is 71.2 Å². The number of aromatic nitrogens is 3. The molecule has 160 valence electrons. The number of pyridine rings is 1. The van der Waals surface area contributed by atoms with E-state index in [0.717, 1.165) is 47.5 Å². The lowest BCUT2D eigenvalue weighted by Crippen LogP contribution is -2.37. The van der Waals surface area contributed by atoms with Gasteiger partial charge in [0.2, 0.25) is 0 Å². The first-order chi connectivity index (χ1) is 14.2. The first-order valence-electron chi connectivity index (χ1n) is 9.58. The lowest BCUT2D eigenvalue weighted by atomic mass is 10.3. The van der Waals surface area contributed by atoms with Gasteiger partial charge in [-0.2, -0.15) is 0 Å². The van der Waals surface area contributed by atoms with Crippen LogP contribution in [0.5, 0.6) is 0 Å². The third kappa shape index (κ3) is 7.94. The van der Waals surface area contributed by atoms with Gasteiger partial charge in [-0.05, 0) is 55.0 Å². The van der Waals surface area contributed by atoms with Gasteiger partial charge in [0.1, 0.15) is 18.0 Å². The second kappa shape index (κ2) is 13.2. The van der Waals surface area contributed by atoms with Crippen LogP contribution in [0.2, 0.25) is 0 Å². The number of aliphatic imine (C=N–C) groups is 1. The lowest BCUT2D eigenvalue weighted by molar-refractivity contribution is 0.626. The maximum Gasteiger partial charge on any atom is 0.191 e. The maximum atomic E-state index is 12.9. The first-order valence-corrected chi connectivity index (χ1v) is 10.6. The molecule has 0 bridgehead atoms. The van der Waals surface area contributed by atoms with E-state index in [1.165, 1.54) is 12.1 Å². The SMILES string of the molecule is CCNC(=NCc1ccc(-n2ccnc2)nc1)NCCCSc1ccc(F)cc1.I. The third-order valence-electron chi connectivity index (χ3n) is 4.04. The first kappa shape index (κ1) is 24.1. The van der Waals surface area contributed by atoms with Gasteiger partial charge in [-0.1, -0.05) is 6.07 Å². The number of nitrogens with zero attached hydrogens (tertiary/aromatic N) is 4. The Morgan fingerprint density at radius 2 is 2.00 bits per heavy atom. The van der Waals surface area contributed by atoms with Gasteiger partial charge in [-0.3, -0.25) is 4.57 Å². The highest BCUT2D eigenvalue weighted by atomic mass is 127. The van der Waals surface area contributed by atoms with Crippen LogP contribution in [-0.2, 0) is 6.54 Å². The van der Waals surface area contributed by atoms with Crippen LogP contribution in [0, 0.1) is 5.82 Å². The topological polar surface area (TPSA) is 67.1 Å². The second-order valence-corrected chi connectivity index (χ2v) is 7.44. The fraction of sp³-hybridized carbons (Fsp3) is 0.286. The zero-order chi connectivity index (χ0) is 20.3. The van der Waals surface area contributed by atoms with Gasteiger partial charge in [0.25, 0.3) is 0 Å². The lowest BCUT2D eigenvalue weighted by Gasteiger charge is -2.11. The van der Waals surface area contributed by atoms with Crippen molar-refractivity contribution in [3.63, 3.8) is 0 Å². The van der Waals surface area contributed by atoms with E-state index in [4.69, 9.17) is 0 Å². The molecule has 0 aliphatic rings. The molecule has 0 spiro atoms. The minimum absolute atomic E-state index is 0. The van der Waals surface area contributed by atoms with Gasteiger partial charge in [0.15, 0.2) is 5.96 Å². The molecule has 3 rings (SSSR count). The Morgan fingerprint density at radius 3 is 2.67 bits per heavy atom. The number of thioether (sulfide) groups is 1. The molecule has 0 atom stereocenters. The molecule has 0 unspecified atom stereocenters. The van der Waals surface area contributed by atoms with Crippen molar-refractivity contribution in [1.82, 2.24) is 25.2 Å². The van der Waals surface area contributed by atoms with E-state index in [-0.39, 0.29) is 29.8 Å². The summed E-state index contributed by atoms with van der Waals surface area (Å²) in [5.41, 5.74) is 1.04. The number of rotatable bonds is 9. The number of halogens is 2. The van der Waals surface area contributed by atoms with E-state index in [2.05, 4.69) is 25.6 Å². The van der Waals surface area contributed by atoms with E-state index in [1.54, 1.807) is 24.3 Å². The molecule has 30 heavy (non-hydrogen) atoms.